The van der Waals surface area contributed by atoms with Gasteiger partial charge in [0.15, 0.2) is 23.1 Å². The summed E-state index contributed by atoms with van der Waals surface area (Å²) in [5.74, 6) is 0.709. The molecule has 1 N–H and O–H groups in total. The van der Waals surface area contributed by atoms with Gasteiger partial charge in [-0.2, -0.15) is 0 Å². The second-order valence-corrected chi connectivity index (χ2v) is 13.6. The number of rotatable bonds is 9. The molecule has 45 heavy (non-hydrogen) atoms. The maximum atomic E-state index is 13.8. The SMILES string of the molecule is CC1(COc2ccccc2F)CCN(Cc2nccnc2OC(C)(C)C)CC1.CC1(COc2ccccc2F)CCNCC1.Cl. The molecule has 1 aromatic heterocycles. The second-order valence-electron chi connectivity index (χ2n) is 13.6. The molecular formula is C35H49ClF2N4O3. The van der Waals surface area contributed by atoms with Crippen molar-refractivity contribution in [2.45, 2.75) is 72.4 Å². The summed E-state index contributed by atoms with van der Waals surface area (Å²) in [4.78, 5) is 11.2. The third-order valence-corrected chi connectivity index (χ3v) is 8.21. The molecule has 0 radical (unpaired) electrons. The van der Waals surface area contributed by atoms with E-state index in [1.165, 1.54) is 12.1 Å². The predicted octanol–water partition coefficient (Wildman–Crippen LogP) is 7.49. The van der Waals surface area contributed by atoms with Gasteiger partial charge < -0.3 is 19.5 Å². The lowest BCUT2D eigenvalue weighted by molar-refractivity contribution is 0.0616. The number of piperidine rings is 2. The topological polar surface area (TPSA) is 68.7 Å². The minimum absolute atomic E-state index is 0. The molecule has 0 atom stereocenters. The van der Waals surface area contributed by atoms with Crippen molar-refractivity contribution in [2.75, 3.05) is 39.4 Å². The van der Waals surface area contributed by atoms with Crippen LogP contribution in [0.5, 0.6) is 17.4 Å². The fourth-order valence-corrected chi connectivity index (χ4v) is 5.25. The molecule has 2 aliphatic heterocycles. The molecule has 7 nitrogen and oxygen atoms in total. The predicted molar refractivity (Wildman–Crippen MR) is 176 cm³/mol. The van der Waals surface area contributed by atoms with Crippen LogP contribution in [0.3, 0.4) is 0 Å². The zero-order chi connectivity index (χ0) is 31.6. The first-order valence-electron chi connectivity index (χ1n) is 15.6. The van der Waals surface area contributed by atoms with Crippen molar-refractivity contribution in [2.24, 2.45) is 10.8 Å². The summed E-state index contributed by atoms with van der Waals surface area (Å²) in [5.41, 5.74) is 0.762. The second kappa shape index (κ2) is 16.5. The minimum atomic E-state index is -0.310. The Bertz CT molecular complexity index is 1330. The molecule has 248 valence electrons. The third-order valence-electron chi connectivity index (χ3n) is 8.21. The van der Waals surface area contributed by atoms with Crippen LogP contribution in [0, 0.1) is 22.5 Å². The highest BCUT2D eigenvalue weighted by molar-refractivity contribution is 5.85. The Morgan fingerprint density at radius 3 is 1.78 bits per heavy atom. The van der Waals surface area contributed by atoms with Gasteiger partial charge in [-0.1, -0.05) is 38.1 Å². The molecule has 0 spiro atoms. The average molecular weight is 647 g/mol. The number of hydrogen-bond acceptors (Lipinski definition) is 7. The number of nitrogens with one attached hydrogen (secondary N) is 1. The molecule has 0 aliphatic carbocycles. The molecule has 0 bridgehead atoms. The molecule has 0 amide bonds. The maximum Gasteiger partial charge on any atom is 0.237 e. The van der Waals surface area contributed by atoms with E-state index in [1.54, 1.807) is 48.8 Å². The Morgan fingerprint density at radius 1 is 0.778 bits per heavy atom. The van der Waals surface area contributed by atoms with Gasteiger partial charge >= 0.3 is 0 Å². The van der Waals surface area contributed by atoms with Crippen molar-refractivity contribution in [3.8, 4) is 17.4 Å². The maximum absolute atomic E-state index is 13.8. The Balaban J connectivity index is 0.000000276. The van der Waals surface area contributed by atoms with E-state index in [2.05, 4.69) is 34.0 Å². The third kappa shape index (κ3) is 11.7. The smallest absolute Gasteiger partial charge is 0.237 e. The van der Waals surface area contributed by atoms with Gasteiger partial charge in [0.1, 0.15) is 11.3 Å². The number of para-hydroxylation sites is 2. The molecular weight excluding hydrogens is 598 g/mol. The number of nitrogens with zero attached hydrogens (tertiary/aromatic N) is 3. The molecule has 3 aromatic rings. The summed E-state index contributed by atoms with van der Waals surface area (Å²) in [6.07, 6.45) is 7.51. The van der Waals surface area contributed by atoms with Crippen molar-refractivity contribution in [3.63, 3.8) is 0 Å². The monoisotopic (exact) mass is 646 g/mol. The fraction of sp³-hybridized carbons (Fsp3) is 0.543. The van der Waals surface area contributed by atoms with Crippen LogP contribution in [0.4, 0.5) is 8.78 Å². The van der Waals surface area contributed by atoms with Crippen molar-refractivity contribution in [1.29, 1.82) is 0 Å². The highest BCUT2D eigenvalue weighted by Crippen LogP contribution is 2.33. The van der Waals surface area contributed by atoms with Gasteiger partial charge in [-0.25, -0.2) is 13.8 Å². The van der Waals surface area contributed by atoms with Crippen molar-refractivity contribution >= 4 is 12.4 Å². The Labute approximate surface area is 273 Å². The number of hydrogen-bond donors (Lipinski definition) is 1. The molecule has 2 aliphatic rings. The lowest BCUT2D eigenvalue weighted by Crippen LogP contribution is -2.41. The van der Waals surface area contributed by atoms with Gasteiger partial charge in [0.25, 0.3) is 0 Å². The molecule has 3 heterocycles. The molecule has 5 rings (SSSR count). The van der Waals surface area contributed by atoms with Crippen molar-refractivity contribution in [3.05, 3.63) is 78.3 Å². The van der Waals surface area contributed by atoms with Crippen LogP contribution in [0.25, 0.3) is 0 Å². The highest BCUT2D eigenvalue weighted by atomic mass is 35.5. The van der Waals surface area contributed by atoms with Gasteiger partial charge in [0.2, 0.25) is 5.88 Å². The molecule has 2 aromatic carbocycles. The average Bonchev–Trinajstić information content (AvgIpc) is 2.99. The van der Waals surface area contributed by atoms with E-state index in [1.807, 2.05) is 20.8 Å². The van der Waals surface area contributed by atoms with E-state index in [0.29, 0.717) is 37.1 Å². The zero-order valence-electron chi connectivity index (χ0n) is 27.3. The summed E-state index contributed by atoms with van der Waals surface area (Å²) >= 11 is 0. The number of aromatic nitrogens is 2. The highest BCUT2D eigenvalue weighted by Gasteiger charge is 2.32. The number of likely N-dealkylation sites (tertiary alicyclic amines) is 1. The van der Waals surface area contributed by atoms with Gasteiger partial charge in [-0.3, -0.25) is 9.88 Å². The number of ether oxygens (including phenoxy) is 3. The molecule has 10 heteroatoms. The van der Waals surface area contributed by atoms with Gasteiger partial charge in [0, 0.05) is 29.8 Å². The first kappa shape index (κ1) is 36.5. The zero-order valence-corrected chi connectivity index (χ0v) is 28.1. The number of benzene rings is 2. The largest absolute Gasteiger partial charge is 0.490 e. The first-order valence-corrected chi connectivity index (χ1v) is 15.6. The summed E-state index contributed by atoms with van der Waals surface area (Å²) in [5, 5.41) is 3.32. The summed E-state index contributed by atoms with van der Waals surface area (Å²) < 4.78 is 44.4. The van der Waals surface area contributed by atoms with Crippen LogP contribution in [0.1, 0.15) is 66.0 Å². The van der Waals surface area contributed by atoms with Gasteiger partial charge in [-0.05, 0) is 96.9 Å². The van der Waals surface area contributed by atoms with Crippen LogP contribution in [0.2, 0.25) is 0 Å². The number of halogens is 3. The molecule has 2 saturated heterocycles. The van der Waals surface area contributed by atoms with E-state index < -0.39 is 0 Å². The van der Waals surface area contributed by atoms with Crippen LogP contribution in [-0.2, 0) is 6.54 Å². The van der Waals surface area contributed by atoms with Crippen LogP contribution >= 0.6 is 12.4 Å². The molecule has 0 unspecified atom stereocenters. The van der Waals surface area contributed by atoms with E-state index in [9.17, 15) is 8.78 Å². The molecule has 0 saturated carbocycles. The minimum Gasteiger partial charge on any atom is -0.490 e. The Hall–Kier alpha value is -3.01. The summed E-state index contributed by atoms with van der Waals surface area (Å²) in [7, 11) is 0. The Morgan fingerprint density at radius 2 is 1.27 bits per heavy atom. The quantitative estimate of drug-likeness (QED) is 0.258. The van der Waals surface area contributed by atoms with Crippen molar-refractivity contribution in [1.82, 2.24) is 20.2 Å². The van der Waals surface area contributed by atoms with E-state index >= 15 is 0 Å². The van der Waals surface area contributed by atoms with Gasteiger partial charge in [0.05, 0.1) is 13.2 Å². The lowest BCUT2D eigenvalue weighted by atomic mass is 9.81. The molecule has 2 fully saturated rings. The fourth-order valence-electron chi connectivity index (χ4n) is 5.25. The van der Waals surface area contributed by atoms with E-state index in [0.717, 1.165) is 57.6 Å². The van der Waals surface area contributed by atoms with E-state index in [4.69, 9.17) is 14.2 Å². The Kier molecular flexibility index (Phi) is 13.4. The van der Waals surface area contributed by atoms with Crippen LogP contribution in [0.15, 0.2) is 60.9 Å². The van der Waals surface area contributed by atoms with Gasteiger partial charge in [-0.15, -0.1) is 12.4 Å². The summed E-state index contributed by atoms with van der Waals surface area (Å²) in [6.45, 7) is 16.2. The normalized spacial score (nSPS) is 17.7. The van der Waals surface area contributed by atoms with E-state index in [-0.39, 0.29) is 40.5 Å². The lowest BCUT2D eigenvalue weighted by Gasteiger charge is -2.39. The van der Waals surface area contributed by atoms with Crippen LogP contribution < -0.4 is 19.5 Å². The van der Waals surface area contributed by atoms with Crippen LogP contribution in [-0.4, -0.2) is 59.9 Å². The van der Waals surface area contributed by atoms with Crippen molar-refractivity contribution < 1.29 is 23.0 Å². The first-order chi connectivity index (χ1) is 20.9. The standard InChI is InChI=1S/C22H30FN3O2.C13H18FNO.ClH/c1-21(2,3)28-20-18(24-11-12-25-20)15-26-13-9-22(4,10-14-26)16-27-19-8-6-5-7-17(19)23;1-13(6-8-15-9-7-13)10-16-12-5-3-2-4-11(12)14;/h5-8,11-12H,9-10,13-16H2,1-4H3;2-5,15H,6-10H2,1H3;1H. The summed E-state index contributed by atoms with van der Waals surface area (Å²) in [6, 6.07) is 13.2.